The maximum atomic E-state index is 14.2. The van der Waals surface area contributed by atoms with E-state index >= 15 is 0 Å². The molecule has 0 saturated carbocycles. The number of carbonyl (C=O) groups is 1. The summed E-state index contributed by atoms with van der Waals surface area (Å²) >= 11 is 0. The second-order valence-corrected chi connectivity index (χ2v) is 8.49. The number of halogens is 4. The average molecular weight is 481 g/mol. The number of carbonyl (C=O) groups excluding carboxylic acids is 1. The van der Waals surface area contributed by atoms with Gasteiger partial charge in [0, 0.05) is 36.7 Å². The minimum absolute atomic E-state index is 0.0242. The van der Waals surface area contributed by atoms with Crippen LogP contribution in [0.4, 0.5) is 17.6 Å². The Morgan fingerprint density at radius 2 is 1.79 bits per heavy atom. The molecule has 10 heteroatoms. The Labute approximate surface area is 194 Å². The van der Waals surface area contributed by atoms with Gasteiger partial charge < -0.3 is 20.1 Å². The van der Waals surface area contributed by atoms with Gasteiger partial charge in [0.25, 0.3) is 5.91 Å². The first-order valence-electron chi connectivity index (χ1n) is 10.9. The second kappa shape index (κ2) is 9.71. The van der Waals surface area contributed by atoms with E-state index in [1.54, 1.807) is 6.92 Å². The Kier molecular flexibility index (Phi) is 7.32. The molecule has 34 heavy (non-hydrogen) atoms. The van der Waals surface area contributed by atoms with E-state index in [4.69, 9.17) is 0 Å². The third-order valence-corrected chi connectivity index (χ3v) is 6.02. The Morgan fingerprint density at radius 1 is 1.15 bits per heavy atom. The lowest BCUT2D eigenvalue weighted by molar-refractivity contribution is -0.252. The summed E-state index contributed by atoms with van der Waals surface area (Å²) in [7, 11) is 0. The Morgan fingerprint density at radius 3 is 2.32 bits per heavy atom. The number of nitrogens with zero attached hydrogens (tertiary/aromatic N) is 2. The quantitative estimate of drug-likeness (QED) is 0.425. The standard InChI is InChI=1S/C24H27F4N3O3/c1-4-31-20-11-15(21(33)29-12-16(13-32)14(2)3)5-10-19(20)30-22(31)23(34,24(26,27)28)17-6-8-18(25)9-7-17/h5-11,14,16,32,34H,4,12-13H2,1-3H3,(H,29,33). The number of nitrogens with one attached hydrogen (secondary N) is 1. The van der Waals surface area contributed by atoms with Crippen molar-refractivity contribution < 1.29 is 32.6 Å². The molecule has 184 valence electrons. The Bertz CT molecular complexity index is 1160. The summed E-state index contributed by atoms with van der Waals surface area (Å²) in [5.41, 5.74) is -3.48. The molecular formula is C24H27F4N3O3. The molecule has 1 aromatic heterocycles. The highest BCUT2D eigenvalue weighted by Crippen LogP contribution is 2.44. The van der Waals surface area contributed by atoms with Crippen molar-refractivity contribution in [2.75, 3.05) is 13.2 Å². The monoisotopic (exact) mass is 481 g/mol. The van der Waals surface area contributed by atoms with E-state index in [-0.39, 0.29) is 48.1 Å². The first-order chi connectivity index (χ1) is 15.9. The van der Waals surface area contributed by atoms with Crippen molar-refractivity contribution in [2.45, 2.75) is 39.1 Å². The normalized spacial score (nSPS) is 14.9. The first-order valence-corrected chi connectivity index (χ1v) is 10.9. The lowest BCUT2D eigenvalue weighted by Crippen LogP contribution is -2.45. The minimum Gasteiger partial charge on any atom is -0.396 e. The summed E-state index contributed by atoms with van der Waals surface area (Å²) in [5, 5.41) is 23.1. The third kappa shape index (κ3) is 4.65. The van der Waals surface area contributed by atoms with Gasteiger partial charge in [-0.3, -0.25) is 4.79 Å². The molecule has 0 aliphatic carbocycles. The maximum absolute atomic E-state index is 14.2. The van der Waals surface area contributed by atoms with Crippen molar-refractivity contribution in [1.82, 2.24) is 14.9 Å². The van der Waals surface area contributed by atoms with Crippen LogP contribution in [0.3, 0.4) is 0 Å². The molecule has 0 bridgehead atoms. The fourth-order valence-corrected chi connectivity index (χ4v) is 3.81. The first kappa shape index (κ1) is 25.6. The number of hydrogen-bond acceptors (Lipinski definition) is 4. The van der Waals surface area contributed by atoms with Crippen LogP contribution in [0, 0.1) is 17.7 Å². The molecule has 1 heterocycles. The van der Waals surface area contributed by atoms with Crippen molar-refractivity contribution in [3.05, 3.63) is 65.2 Å². The van der Waals surface area contributed by atoms with Crippen molar-refractivity contribution in [2.24, 2.45) is 11.8 Å². The predicted octanol–water partition coefficient (Wildman–Crippen LogP) is 3.99. The molecule has 0 radical (unpaired) electrons. The summed E-state index contributed by atoms with van der Waals surface area (Å²) in [5.74, 6) is -1.87. The van der Waals surface area contributed by atoms with Crippen LogP contribution >= 0.6 is 0 Å². The molecule has 2 atom stereocenters. The molecule has 2 unspecified atom stereocenters. The van der Waals surface area contributed by atoms with Crippen molar-refractivity contribution in [3.63, 3.8) is 0 Å². The van der Waals surface area contributed by atoms with Gasteiger partial charge in [0.1, 0.15) is 5.82 Å². The summed E-state index contributed by atoms with van der Waals surface area (Å²) in [6.45, 7) is 5.60. The van der Waals surface area contributed by atoms with E-state index in [9.17, 15) is 32.6 Å². The zero-order chi connectivity index (χ0) is 25.3. The van der Waals surface area contributed by atoms with Gasteiger partial charge in [-0.1, -0.05) is 26.0 Å². The number of alkyl halides is 3. The van der Waals surface area contributed by atoms with E-state index in [2.05, 4.69) is 10.3 Å². The average Bonchev–Trinajstić information content (AvgIpc) is 3.16. The minimum atomic E-state index is -5.16. The van der Waals surface area contributed by atoms with Gasteiger partial charge in [-0.05, 0) is 43.2 Å². The molecule has 6 nitrogen and oxygen atoms in total. The molecule has 2 aromatic carbocycles. The number of benzene rings is 2. The van der Waals surface area contributed by atoms with E-state index in [1.807, 2.05) is 13.8 Å². The van der Waals surface area contributed by atoms with Crippen LogP contribution in [-0.2, 0) is 12.1 Å². The zero-order valence-electron chi connectivity index (χ0n) is 19.0. The van der Waals surface area contributed by atoms with Crippen LogP contribution in [0.15, 0.2) is 42.5 Å². The molecular weight excluding hydrogens is 454 g/mol. The van der Waals surface area contributed by atoms with Gasteiger partial charge in [0.2, 0.25) is 5.60 Å². The smallest absolute Gasteiger partial charge is 0.396 e. The topological polar surface area (TPSA) is 87.4 Å². The van der Waals surface area contributed by atoms with Crippen molar-refractivity contribution in [1.29, 1.82) is 0 Å². The highest BCUT2D eigenvalue weighted by atomic mass is 19.4. The Balaban J connectivity index is 2.07. The summed E-state index contributed by atoms with van der Waals surface area (Å²) in [4.78, 5) is 16.7. The molecule has 3 N–H and O–H groups in total. The number of amides is 1. The van der Waals surface area contributed by atoms with Crippen molar-refractivity contribution >= 4 is 16.9 Å². The van der Waals surface area contributed by atoms with Crippen LogP contribution in [0.5, 0.6) is 0 Å². The largest absolute Gasteiger partial charge is 0.428 e. The third-order valence-electron chi connectivity index (χ3n) is 6.02. The number of fused-ring (bicyclic) bond motifs is 1. The highest BCUT2D eigenvalue weighted by molar-refractivity contribution is 5.97. The van der Waals surface area contributed by atoms with E-state index in [0.717, 1.165) is 24.3 Å². The number of rotatable bonds is 8. The van der Waals surface area contributed by atoms with Gasteiger partial charge in [0.15, 0.2) is 5.82 Å². The number of aromatic nitrogens is 2. The van der Waals surface area contributed by atoms with Crippen molar-refractivity contribution in [3.8, 4) is 0 Å². The molecule has 0 aliphatic heterocycles. The number of aliphatic hydroxyl groups excluding tert-OH is 1. The number of imidazole rings is 1. The molecule has 1 amide bonds. The van der Waals surface area contributed by atoms with Crippen LogP contribution in [0.2, 0.25) is 0 Å². The van der Waals surface area contributed by atoms with E-state index in [0.29, 0.717) is 0 Å². The summed E-state index contributed by atoms with van der Waals surface area (Å²) < 4.78 is 57.2. The van der Waals surface area contributed by atoms with Crippen LogP contribution in [0.25, 0.3) is 11.0 Å². The number of aryl methyl sites for hydroxylation is 1. The molecule has 0 aliphatic rings. The molecule has 3 aromatic rings. The highest BCUT2D eigenvalue weighted by Gasteiger charge is 2.59. The van der Waals surface area contributed by atoms with E-state index in [1.165, 1.54) is 22.8 Å². The van der Waals surface area contributed by atoms with Gasteiger partial charge >= 0.3 is 6.18 Å². The van der Waals surface area contributed by atoms with Gasteiger partial charge in [-0.25, -0.2) is 9.37 Å². The lowest BCUT2D eigenvalue weighted by atomic mass is 9.92. The fraction of sp³-hybridized carbons (Fsp3) is 0.417. The molecule has 3 rings (SSSR count). The summed E-state index contributed by atoms with van der Waals surface area (Å²) in [6.07, 6.45) is -5.16. The van der Waals surface area contributed by atoms with E-state index < -0.39 is 34.9 Å². The molecule has 0 saturated heterocycles. The van der Waals surface area contributed by atoms with Gasteiger partial charge in [0.05, 0.1) is 11.0 Å². The van der Waals surface area contributed by atoms with Crippen LogP contribution < -0.4 is 5.32 Å². The van der Waals surface area contributed by atoms with Gasteiger partial charge in [-0.2, -0.15) is 13.2 Å². The fourth-order valence-electron chi connectivity index (χ4n) is 3.81. The second-order valence-electron chi connectivity index (χ2n) is 8.49. The SMILES string of the molecule is CCn1c(C(O)(c2ccc(F)cc2)C(F)(F)F)nc2ccc(C(=O)NCC(CO)C(C)C)cc21. The number of aliphatic hydroxyl groups is 2. The molecule has 0 fully saturated rings. The van der Waals surface area contributed by atoms with Gasteiger partial charge in [-0.15, -0.1) is 0 Å². The zero-order valence-corrected chi connectivity index (χ0v) is 19.0. The summed E-state index contributed by atoms with van der Waals surface area (Å²) in [6, 6.07) is 7.67. The Hall–Kier alpha value is -2.98. The van der Waals surface area contributed by atoms with Crippen LogP contribution in [-0.4, -0.2) is 45.0 Å². The number of hydrogen-bond donors (Lipinski definition) is 3. The lowest BCUT2D eigenvalue weighted by Gasteiger charge is -2.30. The van der Waals surface area contributed by atoms with Crippen LogP contribution in [0.1, 0.15) is 42.5 Å². The maximum Gasteiger partial charge on any atom is 0.428 e. The predicted molar refractivity (Wildman–Crippen MR) is 119 cm³/mol. The molecule has 0 spiro atoms.